The van der Waals surface area contributed by atoms with Gasteiger partial charge in [0.25, 0.3) is 21.6 Å². The van der Waals surface area contributed by atoms with E-state index < -0.39 is 31.4 Å². The summed E-state index contributed by atoms with van der Waals surface area (Å²) >= 11 is 6.16. The van der Waals surface area contributed by atoms with Gasteiger partial charge < -0.3 is 24.7 Å². The predicted octanol–water partition coefficient (Wildman–Crippen LogP) is 8.38. The number of hydrogen-bond acceptors (Lipinski definition) is 11. The van der Waals surface area contributed by atoms with Crippen LogP contribution in [0.15, 0.2) is 88.6 Å². The Labute approximate surface area is 350 Å². The lowest BCUT2D eigenvalue weighted by atomic mass is 9.73. The van der Waals surface area contributed by atoms with Crippen LogP contribution in [0.4, 0.5) is 17.1 Å². The van der Waals surface area contributed by atoms with Crippen molar-refractivity contribution < 1.29 is 27.6 Å². The molecule has 14 nitrogen and oxygen atoms in total. The first-order valence-electron chi connectivity index (χ1n) is 20.2. The Hall–Kier alpha value is -4.96. The molecule has 16 heteroatoms. The van der Waals surface area contributed by atoms with Gasteiger partial charge in [0.05, 0.1) is 21.6 Å². The van der Waals surface area contributed by atoms with Crippen molar-refractivity contribution in [2.45, 2.75) is 63.7 Å². The number of aromatic amines is 1. The number of nitrogens with zero attached hydrogens (tertiary/aromatic N) is 4. The number of allylic oxidation sites excluding steroid dienone is 2. The second kappa shape index (κ2) is 18.1. The van der Waals surface area contributed by atoms with E-state index in [4.69, 9.17) is 21.1 Å². The van der Waals surface area contributed by atoms with Crippen LogP contribution >= 0.6 is 11.6 Å². The van der Waals surface area contributed by atoms with Crippen LogP contribution in [0.3, 0.4) is 0 Å². The molecule has 7 rings (SSSR count). The number of halogens is 1. The third-order valence-electron chi connectivity index (χ3n) is 11.6. The Bertz CT molecular complexity index is 2350. The monoisotopic (exact) mass is 845 g/mol. The number of nitro groups is 1. The summed E-state index contributed by atoms with van der Waals surface area (Å²) in [6.45, 7) is 14.4. The summed E-state index contributed by atoms with van der Waals surface area (Å²) in [4.78, 5) is 37.0. The van der Waals surface area contributed by atoms with Crippen LogP contribution in [0.25, 0.3) is 11.0 Å². The highest BCUT2D eigenvalue weighted by atomic mass is 35.5. The molecule has 2 fully saturated rings. The second-order valence-corrected chi connectivity index (χ2v) is 18.7. The number of aromatic nitrogens is 2. The fourth-order valence-electron chi connectivity index (χ4n) is 8.14. The number of anilines is 2. The highest BCUT2D eigenvalue weighted by molar-refractivity contribution is 7.90. The third kappa shape index (κ3) is 10.6. The van der Waals surface area contributed by atoms with Crippen LogP contribution < -0.4 is 19.7 Å². The SMILES string of the molecule is C=C(Cl)CCC1=C(CN2CCN(c3ccc(C(=O)NS(=O)(=O)c4ccc(NCC5CCOCC5)c([N+](=O)[O-])c4)c(Oc4cnc5[nH]ccc5c4)c3)CC2)CCC(C)(C)C1. The lowest BCUT2D eigenvalue weighted by Gasteiger charge is -2.39. The highest BCUT2D eigenvalue weighted by Crippen LogP contribution is 2.41. The summed E-state index contributed by atoms with van der Waals surface area (Å²) < 4.78 is 41.1. The van der Waals surface area contributed by atoms with Crippen molar-refractivity contribution in [3.63, 3.8) is 0 Å². The maximum Gasteiger partial charge on any atom is 0.293 e. The lowest BCUT2D eigenvalue weighted by molar-refractivity contribution is -0.384. The third-order valence-corrected chi connectivity index (χ3v) is 13.1. The molecule has 2 aromatic heterocycles. The first-order valence-corrected chi connectivity index (χ1v) is 22.0. The van der Waals surface area contributed by atoms with Crippen LogP contribution in [0.2, 0.25) is 0 Å². The van der Waals surface area contributed by atoms with Gasteiger partial charge in [0, 0.05) is 86.9 Å². The Morgan fingerprint density at radius 2 is 1.88 bits per heavy atom. The Balaban J connectivity index is 1.08. The van der Waals surface area contributed by atoms with Crippen molar-refractivity contribution in [1.82, 2.24) is 19.6 Å². The zero-order valence-corrected chi connectivity index (χ0v) is 35.2. The Kier molecular flexibility index (Phi) is 13.0. The molecule has 2 aromatic carbocycles. The largest absolute Gasteiger partial charge is 0.455 e. The number of piperazine rings is 1. The number of carbonyl (C=O) groups excluding carboxylic acids is 1. The van der Waals surface area contributed by atoms with Gasteiger partial charge in [-0.1, -0.05) is 43.2 Å². The van der Waals surface area contributed by atoms with Crippen LogP contribution in [0, 0.1) is 21.4 Å². The van der Waals surface area contributed by atoms with Crippen molar-refractivity contribution in [3.8, 4) is 11.5 Å². The van der Waals surface area contributed by atoms with Gasteiger partial charge in [-0.2, -0.15) is 0 Å². The number of nitro benzene ring substituents is 1. The van der Waals surface area contributed by atoms with Gasteiger partial charge >= 0.3 is 0 Å². The summed E-state index contributed by atoms with van der Waals surface area (Å²) in [5.74, 6) is -0.187. The van der Waals surface area contributed by atoms with E-state index in [1.165, 1.54) is 29.5 Å². The molecule has 314 valence electrons. The quantitative estimate of drug-likeness (QED) is 0.0596. The number of nitrogens with one attached hydrogen (secondary N) is 3. The van der Waals surface area contributed by atoms with Gasteiger partial charge in [-0.25, -0.2) is 18.1 Å². The number of sulfonamides is 1. The molecule has 0 saturated carbocycles. The molecule has 2 saturated heterocycles. The molecular weight excluding hydrogens is 794 g/mol. The predicted molar refractivity (Wildman–Crippen MR) is 230 cm³/mol. The molecule has 0 bridgehead atoms. The standard InChI is InChI=1S/C43H52ClN7O7S/c1-29(44)4-5-32-25-43(2,3)14-10-33(32)28-49-16-18-50(19-17-49)34-6-8-37(40(23-34)58-35-22-31-11-15-45-41(31)47-27-35)42(52)48-59(55,56)36-7-9-38(39(24-36)51(53)54)46-26-30-12-20-57-21-13-30/h6-9,11,15,22-24,27,30,46H,1,4-5,10,12-14,16-21,25-26,28H2,2-3H3,(H,45,47)(H,48,52). The van der Waals surface area contributed by atoms with Crippen LogP contribution in [0.1, 0.15) is 69.2 Å². The van der Waals surface area contributed by atoms with E-state index in [2.05, 4.69) is 50.2 Å². The van der Waals surface area contributed by atoms with E-state index in [0.29, 0.717) is 36.2 Å². The first kappa shape index (κ1) is 42.2. The molecule has 1 aliphatic carbocycles. The summed E-state index contributed by atoms with van der Waals surface area (Å²) in [6.07, 6.45) is 9.97. The Morgan fingerprint density at radius 1 is 1.10 bits per heavy atom. The topological polar surface area (TPSA) is 172 Å². The molecule has 4 aromatic rings. The molecule has 3 N–H and O–H groups in total. The van der Waals surface area contributed by atoms with Gasteiger partial charge in [0.15, 0.2) is 0 Å². The molecule has 59 heavy (non-hydrogen) atoms. The average molecular weight is 846 g/mol. The van der Waals surface area contributed by atoms with Crippen molar-refractivity contribution in [2.24, 2.45) is 11.3 Å². The normalized spacial score (nSPS) is 17.8. The number of pyridine rings is 1. The number of benzene rings is 2. The van der Waals surface area contributed by atoms with Crippen molar-refractivity contribution in [3.05, 3.63) is 99.4 Å². The molecule has 0 radical (unpaired) electrons. The number of fused-ring (bicyclic) bond motifs is 1. The fourth-order valence-corrected chi connectivity index (χ4v) is 9.22. The molecule has 2 aliphatic heterocycles. The second-order valence-electron chi connectivity index (χ2n) is 16.5. The van der Waals surface area contributed by atoms with Crippen molar-refractivity contribution >= 4 is 55.6 Å². The molecule has 0 unspecified atom stereocenters. The minimum atomic E-state index is -4.55. The minimum absolute atomic E-state index is 0.0336. The summed E-state index contributed by atoms with van der Waals surface area (Å²) in [5, 5.41) is 16.6. The first-order chi connectivity index (χ1) is 28.2. The van der Waals surface area contributed by atoms with Crippen LogP contribution in [-0.2, 0) is 14.8 Å². The minimum Gasteiger partial charge on any atom is -0.455 e. The number of amides is 1. The summed E-state index contributed by atoms with van der Waals surface area (Å²) in [7, 11) is -4.55. The van der Waals surface area contributed by atoms with Gasteiger partial charge in [0.1, 0.15) is 22.8 Å². The van der Waals surface area contributed by atoms with Crippen molar-refractivity contribution in [2.75, 3.05) is 62.7 Å². The average Bonchev–Trinajstić information content (AvgIpc) is 3.68. The number of hydrogen-bond donors (Lipinski definition) is 3. The Morgan fingerprint density at radius 3 is 2.63 bits per heavy atom. The van der Waals surface area contributed by atoms with Crippen LogP contribution in [-0.4, -0.2) is 86.6 Å². The van der Waals surface area contributed by atoms with Gasteiger partial charge in [-0.3, -0.25) is 19.8 Å². The van der Waals surface area contributed by atoms with Gasteiger partial charge in [0.2, 0.25) is 0 Å². The summed E-state index contributed by atoms with van der Waals surface area (Å²) in [6, 6.07) is 12.3. The van der Waals surface area contributed by atoms with E-state index in [9.17, 15) is 23.3 Å². The van der Waals surface area contributed by atoms with E-state index >= 15 is 0 Å². The lowest BCUT2D eigenvalue weighted by Crippen LogP contribution is -2.47. The molecule has 4 heterocycles. The zero-order valence-electron chi connectivity index (χ0n) is 33.6. The molecule has 0 atom stereocenters. The van der Waals surface area contributed by atoms with E-state index in [-0.39, 0.29) is 28.3 Å². The number of H-pyrrole nitrogens is 1. The highest BCUT2D eigenvalue weighted by Gasteiger charge is 2.30. The number of rotatable bonds is 15. The smallest absolute Gasteiger partial charge is 0.293 e. The van der Waals surface area contributed by atoms with Gasteiger partial charge in [-0.15, -0.1) is 0 Å². The molecule has 1 amide bonds. The van der Waals surface area contributed by atoms with Gasteiger partial charge in [-0.05, 0) is 92.7 Å². The summed E-state index contributed by atoms with van der Waals surface area (Å²) in [5.41, 5.74) is 4.52. The van der Waals surface area contributed by atoms with E-state index in [1.807, 2.05) is 6.07 Å². The maximum absolute atomic E-state index is 13.9. The fraction of sp³-hybridized carbons (Fsp3) is 0.442. The van der Waals surface area contributed by atoms with E-state index in [1.54, 1.807) is 30.5 Å². The number of carbonyl (C=O) groups is 1. The number of ether oxygens (including phenoxy) is 2. The zero-order chi connectivity index (χ0) is 41.7. The van der Waals surface area contributed by atoms with Crippen LogP contribution in [0.5, 0.6) is 11.5 Å². The van der Waals surface area contributed by atoms with Crippen molar-refractivity contribution in [1.29, 1.82) is 0 Å². The van der Waals surface area contributed by atoms with E-state index in [0.717, 1.165) is 94.8 Å². The maximum atomic E-state index is 13.9. The molecule has 3 aliphatic rings. The molecule has 0 spiro atoms. The molecular formula is C43H52ClN7O7S.